The van der Waals surface area contributed by atoms with Crippen LogP contribution in [0.3, 0.4) is 0 Å². The number of aromatic nitrogens is 2. The van der Waals surface area contributed by atoms with Gasteiger partial charge in [0.05, 0.1) is 32.4 Å². The maximum Gasteiger partial charge on any atom is 0.248 e. The fourth-order valence-electron chi connectivity index (χ4n) is 2.71. The number of aryl methyl sites for hydroxylation is 2. The first kappa shape index (κ1) is 19.5. The Morgan fingerprint density at radius 3 is 2.70 bits per heavy atom. The van der Waals surface area contributed by atoms with Gasteiger partial charge in [-0.25, -0.2) is 9.97 Å². The highest BCUT2D eigenvalue weighted by atomic mass is 32.1. The summed E-state index contributed by atoms with van der Waals surface area (Å²) in [6.45, 7) is 8.12. The van der Waals surface area contributed by atoms with Gasteiger partial charge in [0.2, 0.25) is 5.91 Å². The zero-order valence-corrected chi connectivity index (χ0v) is 17.5. The molecule has 0 bridgehead atoms. The van der Waals surface area contributed by atoms with Crippen LogP contribution in [0.2, 0.25) is 0 Å². The Kier molecular flexibility index (Phi) is 5.92. The van der Waals surface area contributed by atoms with Crippen LogP contribution in [0.25, 0.3) is 10.6 Å². The third-order valence-electron chi connectivity index (χ3n) is 4.28. The van der Waals surface area contributed by atoms with E-state index in [2.05, 4.69) is 17.3 Å². The second-order valence-electron chi connectivity index (χ2n) is 6.47. The molecule has 142 valence electrons. The zero-order chi connectivity index (χ0) is 19.6. The Morgan fingerprint density at radius 1 is 1.30 bits per heavy atom. The number of carbonyl (C=O) groups is 1. The number of primary amides is 1. The van der Waals surface area contributed by atoms with E-state index in [1.54, 1.807) is 28.7 Å². The van der Waals surface area contributed by atoms with E-state index in [4.69, 9.17) is 15.5 Å². The topological polar surface area (TPSA) is 78.1 Å². The lowest BCUT2D eigenvalue weighted by Gasteiger charge is -2.16. The van der Waals surface area contributed by atoms with E-state index in [0.29, 0.717) is 12.0 Å². The predicted octanol–water partition coefficient (Wildman–Crippen LogP) is 4.75. The smallest absolute Gasteiger partial charge is 0.248 e. The number of hydrogen-bond donors (Lipinski definition) is 1. The molecule has 3 aromatic rings. The molecule has 2 aromatic heterocycles. The molecule has 2 N–H and O–H groups in total. The zero-order valence-electron chi connectivity index (χ0n) is 15.9. The first-order chi connectivity index (χ1) is 12.9. The molecule has 0 aliphatic rings. The van der Waals surface area contributed by atoms with Crippen LogP contribution in [-0.2, 0) is 6.42 Å². The Hall–Kier alpha value is -2.25. The largest absolute Gasteiger partial charge is 0.490 e. The Morgan fingerprint density at radius 2 is 2.07 bits per heavy atom. The van der Waals surface area contributed by atoms with Crippen LogP contribution in [0.5, 0.6) is 5.75 Å². The molecular formula is C20H23N3O2S2. The van der Waals surface area contributed by atoms with Crippen molar-refractivity contribution < 1.29 is 9.53 Å². The SMILES string of the molecule is CCC(C)Oc1ccc(C(N)=O)cc1Cc1nc(-c2sc(C)nc2C)cs1. The van der Waals surface area contributed by atoms with Crippen LogP contribution in [0.15, 0.2) is 23.6 Å². The first-order valence-corrected chi connectivity index (χ1v) is 10.5. The van der Waals surface area contributed by atoms with Crippen molar-refractivity contribution in [2.45, 2.75) is 46.6 Å². The third-order valence-corrected chi connectivity index (χ3v) is 6.22. The highest BCUT2D eigenvalue weighted by molar-refractivity contribution is 7.15. The molecule has 0 saturated carbocycles. The van der Waals surface area contributed by atoms with Crippen molar-refractivity contribution in [1.82, 2.24) is 9.97 Å². The van der Waals surface area contributed by atoms with Crippen molar-refractivity contribution in [3.8, 4) is 16.3 Å². The molecule has 1 aromatic carbocycles. The van der Waals surface area contributed by atoms with Crippen LogP contribution in [0, 0.1) is 13.8 Å². The number of rotatable bonds is 7. The number of nitrogens with zero attached hydrogens (tertiary/aromatic N) is 2. The summed E-state index contributed by atoms with van der Waals surface area (Å²) in [6.07, 6.45) is 1.59. The lowest BCUT2D eigenvalue weighted by atomic mass is 10.1. The van der Waals surface area contributed by atoms with Crippen LogP contribution in [0.4, 0.5) is 0 Å². The van der Waals surface area contributed by atoms with Gasteiger partial charge < -0.3 is 10.5 Å². The van der Waals surface area contributed by atoms with Gasteiger partial charge >= 0.3 is 0 Å². The highest BCUT2D eigenvalue weighted by Crippen LogP contribution is 2.32. The summed E-state index contributed by atoms with van der Waals surface area (Å²) >= 11 is 3.26. The summed E-state index contributed by atoms with van der Waals surface area (Å²) in [5.41, 5.74) is 8.81. The van der Waals surface area contributed by atoms with E-state index in [1.807, 2.05) is 32.9 Å². The molecule has 1 unspecified atom stereocenters. The van der Waals surface area contributed by atoms with Gasteiger partial charge in [0, 0.05) is 22.9 Å². The fraction of sp³-hybridized carbons (Fsp3) is 0.350. The number of benzene rings is 1. The molecular weight excluding hydrogens is 378 g/mol. The summed E-state index contributed by atoms with van der Waals surface area (Å²) in [4.78, 5) is 22.0. The van der Waals surface area contributed by atoms with Gasteiger partial charge in [-0.15, -0.1) is 22.7 Å². The van der Waals surface area contributed by atoms with Crippen molar-refractivity contribution in [3.63, 3.8) is 0 Å². The van der Waals surface area contributed by atoms with E-state index in [-0.39, 0.29) is 6.10 Å². The molecule has 0 fully saturated rings. The normalized spacial score (nSPS) is 12.1. The van der Waals surface area contributed by atoms with Gasteiger partial charge in [-0.05, 0) is 45.4 Å². The van der Waals surface area contributed by atoms with Gasteiger partial charge in [0.15, 0.2) is 0 Å². The van der Waals surface area contributed by atoms with Crippen molar-refractivity contribution in [3.05, 3.63) is 50.4 Å². The molecule has 0 saturated heterocycles. The summed E-state index contributed by atoms with van der Waals surface area (Å²) < 4.78 is 6.03. The van der Waals surface area contributed by atoms with Gasteiger partial charge in [-0.1, -0.05) is 6.92 Å². The average molecular weight is 402 g/mol. The minimum absolute atomic E-state index is 0.0952. The minimum Gasteiger partial charge on any atom is -0.490 e. The average Bonchev–Trinajstić information content (AvgIpc) is 3.21. The molecule has 3 rings (SSSR count). The van der Waals surface area contributed by atoms with Gasteiger partial charge in [-0.3, -0.25) is 4.79 Å². The monoisotopic (exact) mass is 401 g/mol. The third kappa shape index (κ3) is 4.54. The Balaban J connectivity index is 1.91. The first-order valence-electron chi connectivity index (χ1n) is 8.85. The van der Waals surface area contributed by atoms with E-state index in [1.165, 1.54) is 0 Å². The molecule has 0 spiro atoms. The van der Waals surface area contributed by atoms with Crippen LogP contribution < -0.4 is 10.5 Å². The molecule has 5 nitrogen and oxygen atoms in total. The van der Waals surface area contributed by atoms with Crippen LogP contribution in [0.1, 0.15) is 51.9 Å². The molecule has 2 heterocycles. The molecule has 7 heteroatoms. The molecule has 0 aliphatic heterocycles. The Bertz CT molecular complexity index is 962. The van der Waals surface area contributed by atoms with E-state index >= 15 is 0 Å². The number of hydrogen-bond acceptors (Lipinski definition) is 6. The summed E-state index contributed by atoms with van der Waals surface area (Å²) in [5.74, 6) is 0.331. The van der Waals surface area contributed by atoms with Crippen LogP contribution in [-0.4, -0.2) is 22.0 Å². The van der Waals surface area contributed by atoms with Gasteiger partial charge in [0.25, 0.3) is 0 Å². The maximum atomic E-state index is 11.6. The van der Waals surface area contributed by atoms with E-state index < -0.39 is 5.91 Å². The molecule has 0 aliphatic carbocycles. The van der Waals surface area contributed by atoms with Gasteiger partial charge in [-0.2, -0.15) is 0 Å². The summed E-state index contributed by atoms with van der Waals surface area (Å²) in [6, 6.07) is 5.34. The fourth-order valence-corrected chi connectivity index (χ4v) is 4.48. The number of amides is 1. The molecule has 27 heavy (non-hydrogen) atoms. The molecule has 1 amide bonds. The molecule has 0 radical (unpaired) electrons. The number of ether oxygens (including phenoxy) is 1. The summed E-state index contributed by atoms with van der Waals surface area (Å²) in [5, 5.41) is 4.06. The van der Waals surface area contributed by atoms with Crippen molar-refractivity contribution >= 4 is 28.6 Å². The number of nitrogens with two attached hydrogens (primary N) is 1. The van der Waals surface area contributed by atoms with E-state index in [9.17, 15) is 4.79 Å². The predicted molar refractivity (Wildman–Crippen MR) is 111 cm³/mol. The number of thiazole rings is 2. The van der Waals surface area contributed by atoms with Gasteiger partial charge in [0.1, 0.15) is 5.75 Å². The van der Waals surface area contributed by atoms with E-state index in [0.717, 1.165) is 44.0 Å². The Labute approximate surface area is 167 Å². The standard InChI is InChI=1S/C20H23N3O2S2/c1-5-11(2)25-17-7-6-14(20(21)24)8-15(17)9-18-23-16(10-26-18)19-12(3)22-13(4)27-19/h6-8,10-11H,5,9H2,1-4H3,(H2,21,24). The summed E-state index contributed by atoms with van der Waals surface area (Å²) in [7, 11) is 0. The lowest BCUT2D eigenvalue weighted by molar-refractivity contribution is 0.1000. The van der Waals surface area contributed by atoms with Crippen molar-refractivity contribution in [2.75, 3.05) is 0 Å². The van der Waals surface area contributed by atoms with Crippen LogP contribution >= 0.6 is 22.7 Å². The minimum atomic E-state index is -0.443. The quantitative estimate of drug-likeness (QED) is 0.620. The number of carbonyl (C=O) groups excluding carboxylic acids is 1. The maximum absolute atomic E-state index is 11.6. The highest BCUT2D eigenvalue weighted by Gasteiger charge is 2.15. The second kappa shape index (κ2) is 8.19. The second-order valence-corrected chi connectivity index (χ2v) is 8.62. The lowest BCUT2D eigenvalue weighted by Crippen LogP contribution is -2.14. The molecule has 1 atom stereocenters. The van der Waals surface area contributed by atoms with Crippen molar-refractivity contribution in [1.29, 1.82) is 0 Å². The van der Waals surface area contributed by atoms with Crippen molar-refractivity contribution in [2.24, 2.45) is 5.73 Å².